The van der Waals surface area contributed by atoms with Crippen molar-refractivity contribution >= 4 is 5.97 Å². The van der Waals surface area contributed by atoms with E-state index in [4.69, 9.17) is 23.7 Å². The summed E-state index contributed by atoms with van der Waals surface area (Å²) in [5.41, 5.74) is 2.62. The van der Waals surface area contributed by atoms with Gasteiger partial charge in [-0.25, -0.2) is 0 Å². The maximum Gasteiger partial charge on any atom is 0.306 e. The van der Waals surface area contributed by atoms with E-state index >= 15 is 0 Å². The Kier molecular flexibility index (Phi) is 5.29. The summed E-state index contributed by atoms with van der Waals surface area (Å²) < 4.78 is 30.2. The zero-order chi connectivity index (χ0) is 21.9. The lowest BCUT2D eigenvalue weighted by molar-refractivity contribution is -0.167. The predicted octanol–water partition coefficient (Wildman–Crippen LogP) is 3.59. The molecule has 2 saturated carbocycles. The number of allylic oxidation sites excluding steroid dienone is 3. The fourth-order valence-corrected chi connectivity index (χ4v) is 8.02. The number of hydrogen-bond donors (Lipinski definition) is 0. The quantitative estimate of drug-likeness (QED) is 0.490. The fraction of sp³-hybridized carbons (Fsp3) is 0.808. The Labute approximate surface area is 190 Å². The molecule has 0 aromatic carbocycles. The van der Waals surface area contributed by atoms with Gasteiger partial charge in [-0.2, -0.15) is 0 Å². The van der Waals surface area contributed by atoms with E-state index in [1.807, 2.05) is 6.92 Å². The van der Waals surface area contributed by atoms with Gasteiger partial charge in [-0.05, 0) is 50.9 Å². The van der Waals surface area contributed by atoms with Crippen molar-refractivity contribution in [1.29, 1.82) is 0 Å². The minimum absolute atomic E-state index is 0.0427. The molecule has 0 bridgehead atoms. The monoisotopic (exact) mass is 444 g/mol. The molecule has 0 aromatic heterocycles. The Bertz CT molecular complexity index is 834. The number of carbonyl (C=O) groups excluding carboxylic acids is 1. The molecular weight excluding hydrogens is 408 g/mol. The molecule has 0 N–H and O–H groups in total. The largest absolute Gasteiger partial charge is 0.466 e. The summed E-state index contributed by atoms with van der Waals surface area (Å²) in [6.45, 7) is 7.40. The predicted molar refractivity (Wildman–Crippen MR) is 117 cm³/mol. The lowest BCUT2D eigenvalue weighted by Gasteiger charge is -2.56. The molecule has 2 aliphatic heterocycles. The van der Waals surface area contributed by atoms with Crippen LogP contribution in [0.3, 0.4) is 0 Å². The second kappa shape index (κ2) is 7.93. The highest BCUT2D eigenvalue weighted by Crippen LogP contribution is 2.65. The van der Waals surface area contributed by atoms with E-state index in [2.05, 4.69) is 19.1 Å². The van der Waals surface area contributed by atoms with Crippen LogP contribution in [0.4, 0.5) is 0 Å². The van der Waals surface area contributed by atoms with Crippen LogP contribution in [0.1, 0.15) is 52.4 Å². The summed E-state index contributed by atoms with van der Waals surface area (Å²) in [7, 11) is 0. The highest BCUT2D eigenvalue weighted by Gasteiger charge is 2.62. The van der Waals surface area contributed by atoms with E-state index in [0.717, 1.165) is 32.1 Å². The molecule has 2 heterocycles. The summed E-state index contributed by atoms with van der Waals surface area (Å²) in [5, 5.41) is 0. The topological polar surface area (TPSA) is 63.2 Å². The van der Waals surface area contributed by atoms with Crippen molar-refractivity contribution < 1.29 is 28.5 Å². The van der Waals surface area contributed by atoms with E-state index in [1.54, 1.807) is 0 Å². The molecule has 4 unspecified atom stereocenters. The van der Waals surface area contributed by atoms with Gasteiger partial charge in [0.15, 0.2) is 0 Å². The van der Waals surface area contributed by atoms with E-state index in [9.17, 15) is 4.79 Å². The molecular formula is C26H36O6. The number of ether oxygens (including phenoxy) is 5. The Morgan fingerprint density at radius 2 is 1.81 bits per heavy atom. The van der Waals surface area contributed by atoms with Crippen molar-refractivity contribution in [3.05, 3.63) is 23.3 Å². The van der Waals surface area contributed by atoms with Crippen LogP contribution in [0.2, 0.25) is 0 Å². The average Bonchev–Trinajstić information content (AvgIpc) is 3.10. The smallest absolute Gasteiger partial charge is 0.306 e. The molecule has 32 heavy (non-hydrogen) atoms. The van der Waals surface area contributed by atoms with Gasteiger partial charge < -0.3 is 23.7 Å². The van der Waals surface area contributed by atoms with Crippen molar-refractivity contribution in [2.24, 2.45) is 22.7 Å². The molecule has 6 aliphatic rings. The fourth-order valence-electron chi connectivity index (χ4n) is 8.02. The third-order valence-electron chi connectivity index (χ3n) is 9.35. The number of carbonyl (C=O) groups is 1. The van der Waals surface area contributed by atoms with Crippen molar-refractivity contribution in [2.45, 2.75) is 76.8 Å². The van der Waals surface area contributed by atoms with Gasteiger partial charge in [0.05, 0.1) is 63.9 Å². The van der Waals surface area contributed by atoms with Gasteiger partial charge in [0.2, 0.25) is 0 Å². The Morgan fingerprint density at radius 1 is 1.06 bits per heavy atom. The van der Waals surface area contributed by atoms with Gasteiger partial charge >= 0.3 is 5.97 Å². The minimum atomic E-state index is -0.298. The highest BCUT2D eigenvalue weighted by molar-refractivity contribution is 5.72. The van der Waals surface area contributed by atoms with Crippen molar-refractivity contribution in [3.8, 4) is 0 Å². The lowest BCUT2D eigenvalue weighted by Crippen LogP contribution is -2.53. The van der Waals surface area contributed by atoms with Crippen LogP contribution in [-0.4, -0.2) is 63.4 Å². The van der Waals surface area contributed by atoms with Crippen LogP contribution >= 0.6 is 0 Å². The number of hydrogen-bond acceptors (Lipinski definition) is 6. The van der Waals surface area contributed by atoms with Gasteiger partial charge in [0.25, 0.3) is 0 Å². The van der Waals surface area contributed by atoms with E-state index in [0.29, 0.717) is 51.3 Å². The SMILES string of the molecule is CCOC(=O)C[C@]12CC3OCCOC3CC1=CC[C@@H]1C2=CC[C@]2(C)C3OCCOC3C[C@@H]12. The molecule has 0 spiro atoms. The van der Waals surface area contributed by atoms with E-state index in [-0.39, 0.29) is 41.2 Å². The lowest BCUT2D eigenvalue weighted by atomic mass is 9.50. The minimum Gasteiger partial charge on any atom is -0.466 e. The van der Waals surface area contributed by atoms with Crippen molar-refractivity contribution in [1.82, 2.24) is 0 Å². The molecule has 0 aromatic rings. The van der Waals surface area contributed by atoms with Crippen LogP contribution < -0.4 is 0 Å². The maximum absolute atomic E-state index is 12.9. The highest BCUT2D eigenvalue weighted by atomic mass is 16.6. The van der Waals surface area contributed by atoms with Crippen LogP contribution in [0.25, 0.3) is 0 Å². The van der Waals surface area contributed by atoms with Crippen LogP contribution in [0.15, 0.2) is 23.3 Å². The van der Waals surface area contributed by atoms with Crippen LogP contribution in [-0.2, 0) is 28.5 Å². The van der Waals surface area contributed by atoms with E-state index in [1.165, 1.54) is 11.1 Å². The third-order valence-corrected chi connectivity index (χ3v) is 9.35. The second-order valence-corrected chi connectivity index (χ2v) is 10.8. The molecule has 176 valence electrons. The maximum atomic E-state index is 12.9. The Hall–Kier alpha value is -1.21. The second-order valence-electron chi connectivity index (χ2n) is 10.8. The molecule has 0 radical (unpaired) electrons. The van der Waals surface area contributed by atoms with E-state index < -0.39 is 0 Å². The Morgan fingerprint density at radius 3 is 2.62 bits per heavy atom. The molecule has 0 amide bonds. The van der Waals surface area contributed by atoms with Crippen molar-refractivity contribution in [2.75, 3.05) is 33.0 Å². The zero-order valence-corrected chi connectivity index (χ0v) is 19.3. The summed E-state index contributed by atoms with van der Waals surface area (Å²) in [4.78, 5) is 12.9. The molecule has 2 saturated heterocycles. The van der Waals surface area contributed by atoms with Crippen LogP contribution in [0, 0.1) is 22.7 Å². The number of esters is 1. The molecule has 4 fully saturated rings. The first-order valence-corrected chi connectivity index (χ1v) is 12.6. The standard InChI is InChI=1S/C26H36O6/c1-3-28-23(27)15-26-14-22-20(29-8-9-31-22)12-16(26)4-5-17-18(26)6-7-25(2)19(17)13-21-24(25)32-11-10-30-21/h4,6,17,19-22,24H,3,5,7-15H2,1-2H3/t17-,19+,20?,21?,22?,24?,25+,26-/m1/s1. The number of rotatable bonds is 3. The zero-order valence-electron chi connectivity index (χ0n) is 19.3. The molecule has 6 heteroatoms. The van der Waals surface area contributed by atoms with Crippen LogP contribution in [0.5, 0.6) is 0 Å². The van der Waals surface area contributed by atoms with Crippen molar-refractivity contribution in [3.63, 3.8) is 0 Å². The third kappa shape index (κ3) is 3.09. The average molecular weight is 445 g/mol. The first kappa shape index (κ1) is 21.3. The first-order chi connectivity index (χ1) is 15.5. The molecule has 6 rings (SSSR count). The Balaban J connectivity index is 1.39. The van der Waals surface area contributed by atoms with Gasteiger partial charge in [-0.3, -0.25) is 4.79 Å². The molecule has 8 atom stereocenters. The normalized spacial score (nSPS) is 47.1. The first-order valence-electron chi connectivity index (χ1n) is 12.6. The number of fused-ring (bicyclic) bond motifs is 8. The summed E-state index contributed by atoms with van der Waals surface area (Å²) >= 11 is 0. The summed E-state index contributed by atoms with van der Waals surface area (Å²) in [6, 6.07) is 0. The summed E-state index contributed by atoms with van der Waals surface area (Å²) in [5.74, 6) is 0.828. The van der Waals surface area contributed by atoms with Gasteiger partial charge in [-0.1, -0.05) is 30.2 Å². The van der Waals surface area contributed by atoms with Gasteiger partial charge in [0, 0.05) is 10.8 Å². The van der Waals surface area contributed by atoms with Gasteiger partial charge in [0.1, 0.15) is 0 Å². The molecule has 6 nitrogen and oxygen atoms in total. The molecule has 4 aliphatic carbocycles. The van der Waals surface area contributed by atoms with Gasteiger partial charge in [-0.15, -0.1) is 0 Å². The summed E-state index contributed by atoms with van der Waals surface area (Å²) in [6.07, 6.45) is 10.6.